The molecule has 1 atom stereocenters. The number of carbonyl (C=O) groups is 1. The quantitative estimate of drug-likeness (QED) is 0.590. The average Bonchev–Trinajstić information content (AvgIpc) is 2.14. The van der Waals surface area contributed by atoms with E-state index in [9.17, 15) is 4.79 Å². The van der Waals surface area contributed by atoms with Gasteiger partial charge in [-0.1, -0.05) is 28.0 Å². The van der Waals surface area contributed by atoms with Gasteiger partial charge < -0.3 is 5.73 Å². The van der Waals surface area contributed by atoms with E-state index in [0.29, 0.717) is 6.42 Å². The standard InChI is InChI=1S/C8H15NOS3/c9-8(10)4-2-1-3-7-5-6-11-13-12-7/h7H,1-6H2,(H2,9,10). The highest BCUT2D eigenvalue weighted by Gasteiger charge is 2.14. The molecule has 1 unspecified atom stereocenters. The Kier molecular flexibility index (Phi) is 6.15. The second kappa shape index (κ2) is 6.90. The number of hydrogen-bond donors (Lipinski definition) is 1. The molecule has 1 aliphatic heterocycles. The van der Waals surface area contributed by atoms with Crippen LogP contribution in [0.4, 0.5) is 0 Å². The molecule has 0 aliphatic carbocycles. The highest BCUT2D eigenvalue weighted by molar-refractivity contribution is 9.09. The van der Waals surface area contributed by atoms with Crippen LogP contribution in [0.25, 0.3) is 0 Å². The molecular formula is C8H15NOS3. The van der Waals surface area contributed by atoms with Gasteiger partial charge in [0.15, 0.2) is 0 Å². The topological polar surface area (TPSA) is 43.1 Å². The van der Waals surface area contributed by atoms with Crippen LogP contribution in [0, 0.1) is 0 Å². The SMILES string of the molecule is NC(=O)CCCCC1CCSSS1. The molecule has 5 heteroatoms. The summed E-state index contributed by atoms with van der Waals surface area (Å²) in [6.45, 7) is 0. The fourth-order valence-electron chi connectivity index (χ4n) is 1.21. The van der Waals surface area contributed by atoms with E-state index in [-0.39, 0.29) is 5.91 Å². The summed E-state index contributed by atoms with van der Waals surface area (Å²) in [5.41, 5.74) is 5.06. The maximum atomic E-state index is 10.5. The van der Waals surface area contributed by atoms with E-state index in [0.717, 1.165) is 18.1 Å². The summed E-state index contributed by atoms with van der Waals surface area (Å²) < 4.78 is 0. The first-order chi connectivity index (χ1) is 6.29. The third-order valence-electron chi connectivity index (χ3n) is 1.95. The van der Waals surface area contributed by atoms with Crippen LogP contribution < -0.4 is 5.73 Å². The van der Waals surface area contributed by atoms with Crippen molar-refractivity contribution in [3.63, 3.8) is 0 Å². The first-order valence-electron chi connectivity index (χ1n) is 4.52. The van der Waals surface area contributed by atoms with E-state index in [2.05, 4.69) is 0 Å². The Morgan fingerprint density at radius 2 is 2.31 bits per heavy atom. The van der Waals surface area contributed by atoms with Crippen molar-refractivity contribution in [2.45, 2.75) is 37.4 Å². The minimum absolute atomic E-state index is 0.166. The van der Waals surface area contributed by atoms with Crippen LogP contribution in [-0.4, -0.2) is 16.9 Å². The lowest BCUT2D eigenvalue weighted by atomic mass is 10.1. The Bertz CT molecular complexity index is 159. The van der Waals surface area contributed by atoms with Gasteiger partial charge in [-0.2, -0.15) is 0 Å². The lowest BCUT2D eigenvalue weighted by Crippen LogP contribution is -2.10. The lowest BCUT2D eigenvalue weighted by Gasteiger charge is -2.18. The van der Waals surface area contributed by atoms with E-state index in [1.807, 2.05) is 31.4 Å². The number of carbonyl (C=O) groups excluding carboxylic acids is 1. The molecule has 2 nitrogen and oxygen atoms in total. The molecule has 0 spiro atoms. The van der Waals surface area contributed by atoms with E-state index in [4.69, 9.17) is 5.73 Å². The molecule has 0 radical (unpaired) electrons. The number of unbranched alkanes of at least 4 members (excludes halogenated alkanes) is 1. The van der Waals surface area contributed by atoms with Crippen LogP contribution in [0.1, 0.15) is 32.1 Å². The van der Waals surface area contributed by atoms with Crippen LogP contribution in [0.2, 0.25) is 0 Å². The van der Waals surface area contributed by atoms with Crippen molar-refractivity contribution in [3.05, 3.63) is 0 Å². The molecule has 1 heterocycles. The molecule has 0 saturated carbocycles. The van der Waals surface area contributed by atoms with Crippen molar-refractivity contribution < 1.29 is 4.79 Å². The normalized spacial score (nSPS) is 22.9. The van der Waals surface area contributed by atoms with Gasteiger partial charge in [-0.05, 0) is 29.1 Å². The van der Waals surface area contributed by atoms with Gasteiger partial charge in [0, 0.05) is 17.4 Å². The van der Waals surface area contributed by atoms with Gasteiger partial charge in [0.05, 0.1) is 0 Å². The molecular weight excluding hydrogens is 222 g/mol. The smallest absolute Gasteiger partial charge is 0.217 e. The van der Waals surface area contributed by atoms with Crippen LogP contribution in [0.5, 0.6) is 0 Å². The first-order valence-corrected chi connectivity index (χ1v) is 8.24. The van der Waals surface area contributed by atoms with Crippen molar-refractivity contribution in [3.8, 4) is 0 Å². The van der Waals surface area contributed by atoms with Crippen LogP contribution >= 0.6 is 31.4 Å². The summed E-state index contributed by atoms with van der Waals surface area (Å²) in [4.78, 5) is 10.5. The summed E-state index contributed by atoms with van der Waals surface area (Å²) in [5, 5.41) is 0.805. The zero-order valence-electron chi connectivity index (χ0n) is 7.53. The Balaban J connectivity index is 1.95. The molecule has 1 aliphatic rings. The molecule has 1 fully saturated rings. The second-order valence-corrected chi connectivity index (χ2v) is 7.67. The van der Waals surface area contributed by atoms with E-state index >= 15 is 0 Å². The fraction of sp³-hybridized carbons (Fsp3) is 0.875. The van der Waals surface area contributed by atoms with Crippen molar-refractivity contribution in [1.29, 1.82) is 0 Å². The summed E-state index contributed by atoms with van der Waals surface area (Å²) in [6, 6.07) is 0. The van der Waals surface area contributed by atoms with Crippen molar-refractivity contribution in [1.82, 2.24) is 0 Å². The average molecular weight is 237 g/mol. The van der Waals surface area contributed by atoms with Gasteiger partial charge in [-0.3, -0.25) is 4.79 Å². The molecule has 0 aromatic heterocycles. The fourth-order valence-corrected chi connectivity index (χ4v) is 6.13. The monoisotopic (exact) mass is 237 g/mol. The Morgan fingerprint density at radius 3 is 2.92 bits per heavy atom. The Labute approximate surface area is 91.0 Å². The number of hydrogen-bond acceptors (Lipinski definition) is 4. The predicted molar refractivity (Wildman–Crippen MR) is 63.7 cm³/mol. The molecule has 0 aromatic rings. The van der Waals surface area contributed by atoms with E-state index < -0.39 is 0 Å². The molecule has 1 amide bonds. The van der Waals surface area contributed by atoms with Crippen LogP contribution in [-0.2, 0) is 4.79 Å². The zero-order chi connectivity index (χ0) is 9.52. The molecule has 1 saturated heterocycles. The van der Waals surface area contributed by atoms with Crippen LogP contribution in [0.3, 0.4) is 0 Å². The van der Waals surface area contributed by atoms with Gasteiger partial charge in [0.2, 0.25) is 5.91 Å². The van der Waals surface area contributed by atoms with E-state index in [1.165, 1.54) is 18.6 Å². The summed E-state index contributed by atoms with van der Waals surface area (Å²) in [6.07, 6.45) is 5.22. The number of nitrogens with two attached hydrogens (primary N) is 1. The summed E-state index contributed by atoms with van der Waals surface area (Å²) in [5.74, 6) is 1.11. The van der Waals surface area contributed by atoms with E-state index in [1.54, 1.807) is 0 Å². The summed E-state index contributed by atoms with van der Waals surface area (Å²) in [7, 11) is 5.84. The maximum Gasteiger partial charge on any atom is 0.217 e. The first kappa shape index (κ1) is 11.6. The molecule has 0 aromatic carbocycles. The molecule has 1 rings (SSSR count). The molecule has 13 heavy (non-hydrogen) atoms. The van der Waals surface area contributed by atoms with Crippen molar-refractivity contribution in [2.75, 3.05) is 5.75 Å². The Hall–Kier alpha value is 0.520. The number of amides is 1. The maximum absolute atomic E-state index is 10.5. The predicted octanol–water partition coefficient (Wildman–Crippen LogP) is 2.83. The number of rotatable bonds is 5. The van der Waals surface area contributed by atoms with Gasteiger partial charge in [0.25, 0.3) is 0 Å². The molecule has 0 bridgehead atoms. The zero-order valence-corrected chi connectivity index (χ0v) is 9.98. The number of primary amides is 1. The van der Waals surface area contributed by atoms with Crippen molar-refractivity contribution in [2.24, 2.45) is 5.73 Å². The molecule has 76 valence electrons. The lowest BCUT2D eigenvalue weighted by molar-refractivity contribution is -0.118. The largest absolute Gasteiger partial charge is 0.370 e. The van der Waals surface area contributed by atoms with Crippen molar-refractivity contribution >= 4 is 37.3 Å². The molecule has 2 N–H and O–H groups in total. The van der Waals surface area contributed by atoms with Gasteiger partial charge in [-0.25, -0.2) is 0 Å². The van der Waals surface area contributed by atoms with Crippen LogP contribution in [0.15, 0.2) is 0 Å². The second-order valence-electron chi connectivity index (χ2n) is 3.11. The minimum atomic E-state index is -0.166. The Morgan fingerprint density at radius 1 is 1.46 bits per heavy atom. The highest BCUT2D eigenvalue weighted by Crippen LogP contribution is 2.45. The summed E-state index contributed by atoms with van der Waals surface area (Å²) >= 11 is 0. The third kappa shape index (κ3) is 5.75. The highest BCUT2D eigenvalue weighted by atomic mass is 33.5. The van der Waals surface area contributed by atoms with Gasteiger partial charge >= 0.3 is 0 Å². The van der Waals surface area contributed by atoms with Gasteiger partial charge in [-0.15, -0.1) is 0 Å². The third-order valence-corrected chi connectivity index (χ3v) is 6.68. The van der Waals surface area contributed by atoms with Gasteiger partial charge in [0.1, 0.15) is 0 Å². The minimum Gasteiger partial charge on any atom is -0.370 e.